The van der Waals surface area contributed by atoms with E-state index in [1.807, 2.05) is 12.1 Å². The molecule has 0 radical (unpaired) electrons. The number of hydrogen-bond donors (Lipinski definition) is 1. The van der Waals surface area contributed by atoms with E-state index in [0.29, 0.717) is 11.3 Å². The van der Waals surface area contributed by atoms with Crippen molar-refractivity contribution < 1.29 is 14.3 Å². The van der Waals surface area contributed by atoms with E-state index in [4.69, 9.17) is 9.47 Å². The van der Waals surface area contributed by atoms with E-state index in [2.05, 4.69) is 16.3 Å². The first kappa shape index (κ1) is 19.3. The lowest BCUT2D eigenvalue weighted by Gasteiger charge is -2.28. The smallest absolute Gasteiger partial charge is 0.226 e. The first-order valence-electron chi connectivity index (χ1n) is 9.42. The molecule has 1 amide bonds. The maximum Gasteiger partial charge on any atom is 0.226 e. The van der Waals surface area contributed by atoms with E-state index < -0.39 is 0 Å². The molecule has 6 heteroatoms. The third kappa shape index (κ3) is 3.27. The third-order valence-corrected chi connectivity index (χ3v) is 6.42. The molecule has 0 bridgehead atoms. The summed E-state index contributed by atoms with van der Waals surface area (Å²) in [5, 5.41) is 3.42. The van der Waals surface area contributed by atoms with Gasteiger partial charge in [-0.15, -0.1) is 12.4 Å². The van der Waals surface area contributed by atoms with Gasteiger partial charge >= 0.3 is 0 Å². The van der Waals surface area contributed by atoms with Crippen LogP contribution in [0.4, 0.5) is 0 Å². The molecule has 1 aromatic rings. The molecule has 1 aromatic carbocycles. The number of ether oxygens (including phenoxy) is 2. The van der Waals surface area contributed by atoms with Gasteiger partial charge in [0.1, 0.15) is 0 Å². The van der Waals surface area contributed by atoms with Crippen molar-refractivity contribution in [3.05, 3.63) is 23.8 Å². The molecule has 2 atom stereocenters. The van der Waals surface area contributed by atoms with Crippen LogP contribution >= 0.6 is 12.4 Å². The van der Waals surface area contributed by atoms with Gasteiger partial charge in [-0.25, -0.2) is 0 Å². The second-order valence-electron chi connectivity index (χ2n) is 7.67. The molecule has 1 spiro atoms. The fourth-order valence-corrected chi connectivity index (χ4v) is 4.81. The van der Waals surface area contributed by atoms with Crippen LogP contribution in [-0.4, -0.2) is 44.7 Å². The fourth-order valence-electron chi connectivity index (χ4n) is 4.81. The zero-order valence-corrected chi connectivity index (χ0v) is 16.4. The molecule has 5 nitrogen and oxygen atoms in total. The molecule has 3 fully saturated rings. The summed E-state index contributed by atoms with van der Waals surface area (Å²) in [5.74, 6) is 2.09. The van der Waals surface area contributed by atoms with E-state index >= 15 is 0 Å². The largest absolute Gasteiger partial charge is 0.493 e. The lowest BCUT2D eigenvalue weighted by Crippen LogP contribution is -2.36. The summed E-state index contributed by atoms with van der Waals surface area (Å²) in [6, 6.07) is 6.22. The Hall–Kier alpha value is -1.46. The minimum atomic E-state index is 0. The number of rotatable bonds is 4. The van der Waals surface area contributed by atoms with Crippen LogP contribution < -0.4 is 14.8 Å². The molecule has 2 saturated heterocycles. The number of carbonyl (C=O) groups excluding carboxylic acids is 1. The van der Waals surface area contributed by atoms with Crippen molar-refractivity contribution in [1.82, 2.24) is 10.2 Å². The summed E-state index contributed by atoms with van der Waals surface area (Å²) in [6.07, 6.45) is 5.49. The van der Waals surface area contributed by atoms with Crippen molar-refractivity contribution >= 4 is 18.3 Å². The maximum absolute atomic E-state index is 13.2. The molecule has 3 aliphatic rings. The van der Waals surface area contributed by atoms with Crippen LogP contribution in [0.25, 0.3) is 0 Å². The average Bonchev–Trinajstić information content (AvgIpc) is 3.12. The van der Waals surface area contributed by atoms with E-state index in [1.54, 1.807) is 14.2 Å². The minimum absolute atomic E-state index is 0. The highest BCUT2D eigenvalue weighted by Gasteiger charge is 2.59. The Balaban J connectivity index is 0.00000196. The van der Waals surface area contributed by atoms with Crippen molar-refractivity contribution in [2.45, 2.75) is 38.1 Å². The van der Waals surface area contributed by atoms with Crippen LogP contribution in [0.5, 0.6) is 11.5 Å². The van der Waals surface area contributed by atoms with Gasteiger partial charge in [0.2, 0.25) is 5.91 Å². The molecule has 144 valence electrons. The van der Waals surface area contributed by atoms with Crippen molar-refractivity contribution in [2.75, 3.05) is 33.9 Å². The number of nitrogens with zero attached hydrogens (tertiary/aromatic N) is 1. The van der Waals surface area contributed by atoms with Gasteiger partial charge in [-0.3, -0.25) is 4.79 Å². The number of piperidine rings is 1. The second kappa shape index (κ2) is 7.65. The Morgan fingerprint density at radius 2 is 1.92 bits per heavy atom. The molecular formula is C20H29ClN2O3. The van der Waals surface area contributed by atoms with Gasteiger partial charge in [0.05, 0.1) is 20.3 Å². The molecule has 26 heavy (non-hydrogen) atoms. The number of methoxy groups -OCH3 is 2. The standard InChI is InChI=1S/C20H28N2O3.ClH/c1-24-17-6-5-14(12-18(17)25-2)16-4-3-11-22(16)19(23)15-13-20(15)7-9-21-10-8-20;/h5-6,12,15-16,21H,3-4,7-11,13H2,1-2H3;1H. The molecular weight excluding hydrogens is 352 g/mol. The van der Waals surface area contributed by atoms with Gasteiger partial charge in [0.25, 0.3) is 0 Å². The van der Waals surface area contributed by atoms with Crippen LogP contribution in [0.15, 0.2) is 18.2 Å². The fraction of sp³-hybridized carbons (Fsp3) is 0.650. The first-order chi connectivity index (χ1) is 12.2. The SMILES string of the molecule is COc1ccc(C2CCCN2C(=O)C2CC23CCNCC3)cc1OC.Cl. The lowest BCUT2D eigenvalue weighted by atomic mass is 9.91. The molecule has 2 unspecified atom stereocenters. The molecule has 1 N–H and O–H groups in total. The van der Waals surface area contributed by atoms with E-state index in [9.17, 15) is 4.79 Å². The molecule has 0 aromatic heterocycles. The summed E-state index contributed by atoms with van der Waals surface area (Å²) in [4.78, 5) is 15.3. The average molecular weight is 381 g/mol. The normalized spacial score (nSPS) is 26.3. The number of benzene rings is 1. The van der Waals surface area contributed by atoms with Crippen molar-refractivity contribution in [2.24, 2.45) is 11.3 Å². The highest BCUT2D eigenvalue weighted by Crippen LogP contribution is 2.60. The Labute approximate surface area is 161 Å². The lowest BCUT2D eigenvalue weighted by molar-refractivity contribution is -0.134. The predicted octanol–water partition coefficient (Wildman–Crippen LogP) is 3.18. The number of hydrogen-bond acceptors (Lipinski definition) is 4. The number of halogens is 1. The third-order valence-electron chi connectivity index (χ3n) is 6.42. The van der Waals surface area contributed by atoms with Crippen LogP contribution in [-0.2, 0) is 4.79 Å². The minimum Gasteiger partial charge on any atom is -0.493 e. The Morgan fingerprint density at radius 1 is 1.19 bits per heavy atom. The molecule has 1 saturated carbocycles. The van der Waals surface area contributed by atoms with Gasteiger partial charge in [-0.2, -0.15) is 0 Å². The van der Waals surface area contributed by atoms with E-state index in [1.165, 1.54) is 0 Å². The Morgan fingerprint density at radius 3 is 2.62 bits per heavy atom. The van der Waals surface area contributed by atoms with Crippen LogP contribution in [0.3, 0.4) is 0 Å². The number of amides is 1. The zero-order valence-electron chi connectivity index (χ0n) is 15.6. The summed E-state index contributed by atoms with van der Waals surface area (Å²) in [6.45, 7) is 2.99. The van der Waals surface area contributed by atoms with E-state index in [-0.39, 0.29) is 24.4 Å². The topological polar surface area (TPSA) is 50.8 Å². The highest BCUT2D eigenvalue weighted by molar-refractivity contribution is 5.85. The van der Waals surface area contributed by atoms with Crippen molar-refractivity contribution in [3.63, 3.8) is 0 Å². The predicted molar refractivity (Wildman–Crippen MR) is 103 cm³/mol. The highest BCUT2D eigenvalue weighted by atomic mass is 35.5. The molecule has 1 aliphatic carbocycles. The van der Waals surface area contributed by atoms with Crippen molar-refractivity contribution in [3.8, 4) is 11.5 Å². The van der Waals surface area contributed by atoms with Gasteiger partial charge in [0, 0.05) is 12.5 Å². The number of likely N-dealkylation sites (tertiary alicyclic amines) is 1. The van der Waals surface area contributed by atoms with Gasteiger partial charge in [-0.1, -0.05) is 6.07 Å². The Bertz CT molecular complexity index is 660. The molecule has 4 rings (SSSR count). The van der Waals surface area contributed by atoms with Crippen LogP contribution in [0.1, 0.15) is 43.7 Å². The number of carbonyl (C=O) groups is 1. The molecule has 2 aliphatic heterocycles. The second-order valence-corrected chi connectivity index (χ2v) is 7.67. The quantitative estimate of drug-likeness (QED) is 0.871. The first-order valence-corrected chi connectivity index (χ1v) is 9.42. The zero-order chi connectivity index (χ0) is 17.4. The van der Waals surface area contributed by atoms with Crippen LogP contribution in [0, 0.1) is 11.3 Å². The van der Waals surface area contributed by atoms with Crippen LogP contribution in [0.2, 0.25) is 0 Å². The number of nitrogens with one attached hydrogen (secondary N) is 1. The summed E-state index contributed by atoms with van der Waals surface area (Å²) < 4.78 is 10.8. The summed E-state index contributed by atoms with van der Waals surface area (Å²) in [5.41, 5.74) is 1.45. The van der Waals surface area contributed by atoms with Gasteiger partial charge in [-0.05, 0) is 68.3 Å². The maximum atomic E-state index is 13.2. The van der Waals surface area contributed by atoms with Crippen molar-refractivity contribution in [1.29, 1.82) is 0 Å². The molecule has 2 heterocycles. The van der Waals surface area contributed by atoms with Gasteiger partial charge < -0.3 is 19.7 Å². The monoisotopic (exact) mass is 380 g/mol. The summed E-state index contributed by atoms with van der Waals surface area (Å²) >= 11 is 0. The Kier molecular flexibility index (Phi) is 5.68. The van der Waals surface area contributed by atoms with Gasteiger partial charge in [0.15, 0.2) is 11.5 Å². The van der Waals surface area contributed by atoms with E-state index in [0.717, 1.165) is 68.8 Å². The summed E-state index contributed by atoms with van der Waals surface area (Å²) in [7, 11) is 3.30.